The van der Waals surface area contributed by atoms with Crippen molar-refractivity contribution in [3.63, 3.8) is 0 Å². The largest absolute Gasteiger partial charge is 0.353 e. The number of nitrogens with zero attached hydrogens (tertiary/aromatic N) is 4. The van der Waals surface area contributed by atoms with Crippen LogP contribution in [0.2, 0.25) is 0 Å². The van der Waals surface area contributed by atoms with Crippen LogP contribution in [-0.4, -0.2) is 60.0 Å². The number of anilines is 1. The first-order valence-corrected chi connectivity index (χ1v) is 11.9. The maximum Gasteiger partial charge on any atom is 0.231 e. The van der Waals surface area contributed by atoms with E-state index in [9.17, 15) is 9.18 Å². The Labute approximate surface area is 190 Å². The molecule has 172 valence electrons. The van der Waals surface area contributed by atoms with E-state index < -0.39 is 0 Å². The number of halogens is 1. The molecule has 1 N–H and O–H groups in total. The highest BCUT2D eigenvalue weighted by molar-refractivity contribution is 5.84. The van der Waals surface area contributed by atoms with Crippen molar-refractivity contribution in [1.29, 1.82) is 0 Å². The third-order valence-electron chi connectivity index (χ3n) is 6.96. The zero-order valence-corrected chi connectivity index (χ0v) is 19.4. The summed E-state index contributed by atoms with van der Waals surface area (Å²) >= 11 is 0. The van der Waals surface area contributed by atoms with Gasteiger partial charge in [-0.25, -0.2) is 14.4 Å². The highest BCUT2D eigenvalue weighted by atomic mass is 19.1. The second-order valence-corrected chi connectivity index (χ2v) is 8.96. The lowest BCUT2D eigenvalue weighted by Crippen LogP contribution is -2.51. The maximum absolute atomic E-state index is 13.4. The van der Waals surface area contributed by atoms with E-state index in [-0.39, 0.29) is 17.6 Å². The first-order chi connectivity index (χ1) is 15.5. The number of benzene rings is 1. The number of likely N-dealkylation sites (N-methyl/N-ethyl adjacent to an activating group) is 1. The summed E-state index contributed by atoms with van der Waals surface area (Å²) in [5.41, 5.74) is 3.37. The van der Waals surface area contributed by atoms with Gasteiger partial charge in [0.15, 0.2) is 0 Å². The quantitative estimate of drug-likeness (QED) is 0.714. The van der Waals surface area contributed by atoms with Gasteiger partial charge < -0.3 is 15.1 Å². The van der Waals surface area contributed by atoms with Gasteiger partial charge in [0.2, 0.25) is 5.91 Å². The molecule has 2 heterocycles. The van der Waals surface area contributed by atoms with Gasteiger partial charge in [0.25, 0.3) is 0 Å². The molecule has 1 amide bonds. The minimum atomic E-state index is -0.310. The minimum absolute atomic E-state index is 0.101. The summed E-state index contributed by atoms with van der Waals surface area (Å²) in [6.45, 7) is 10.7. The molecule has 2 aromatic rings. The number of nitrogens with one attached hydrogen (secondary N) is 1. The van der Waals surface area contributed by atoms with E-state index in [2.05, 4.69) is 34.0 Å². The number of hydrogen-bond donors (Lipinski definition) is 1. The summed E-state index contributed by atoms with van der Waals surface area (Å²) in [6.07, 6.45) is 3.94. The Morgan fingerprint density at radius 1 is 1.16 bits per heavy atom. The van der Waals surface area contributed by atoms with Gasteiger partial charge in [0.05, 0.1) is 11.6 Å². The van der Waals surface area contributed by atoms with Gasteiger partial charge in [-0.1, -0.05) is 32.9 Å². The van der Waals surface area contributed by atoms with Gasteiger partial charge in [-0.2, -0.15) is 0 Å². The van der Waals surface area contributed by atoms with Gasteiger partial charge >= 0.3 is 0 Å². The molecule has 1 aliphatic carbocycles. The summed E-state index contributed by atoms with van der Waals surface area (Å²) in [4.78, 5) is 26.9. The number of carbonyl (C=O) groups excluding carboxylic acids is 1. The van der Waals surface area contributed by atoms with Crippen molar-refractivity contribution in [3.8, 4) is 0 Å². The number of aromatic nitrogens is 2. The maximum atomic E-state index is 13.4. The Morgan fingerprint density at radius 2 is 1.88 bits per heavy atom. The van der Waals surface area contributed by atoms with E-state index in [1.807, 2.05) is 11.8 Å². The van der Waals surface area contributed by atoms with Crippen molar-refractivity contribution >= 4 is 11.7 Å². The molecule has 0 spiro atoms. The predicted molar refractivity (Wildman–Crippen MR) is 125 cm³/mol. The molecule has 0 saturated carbocycles. The first-order valence-electron chi connectivity index (χ1n) is 11.9. The van der Waals surface area contributed by atoms with Crippen molar-refractivity contribution in [1.82, 2.24) is 20.2 Å². The van der Waals surface area contributed by atoms with Crippen LogP contribution in [0.4, 0.5) is 10.2 Å². The van der Waals surface area contributed by atoms with Crippen LogP contribution in [0.25, 0.3) is 0 Å². The van der Waals surface area contributed by atoms with Gasteiger partial charge in [-0.3, -0.25) is 4.79 Å². The van der Waals surface area contributed by atoms with Crippen LogP contribution in [0.3, 0.4) is 0 Å². The molecule has 1 fully saturated rings. The van der Waals surface area contributed by atoms with Crippen LogP contribution in [0.15, 0.2) is 30.6 Å². The van der Waals surface area contributed by atoms with Gasteiger partial charge in [-0.05, 0) is 43.0 Å². The summed E-state index contributed by atoms with van der Waals surface area (Å²) in [5.74, 6) is 1.54. The van der Waals surface area contributed by atoms with Gasteiger partial charge in [-0.15, -0.1) is 0 Å². The SMILES string of the molecule is CCNCC(C(=O)N1CCN(c2ncnc3c2C(C)CC3CC)CC1)c1ccc(F)cc1. The fourth-order valence-electron chi connectivity index (χ4n) is 5.16. The predicted octanol–water partition coefficient (Wildman–Crippen LogP) is 3.66. The summed E-state index contributed by atoms with van der Waals surface area (Å²) < 4.78 is 13.4. The molecule has 6 nitrogen and oxygen atoms in total. The van der Waals surface area contributed by atoms with E-state index in [4.69, 9.17) is 0 Å². The van der Waals surface area contributed by atoms with Crippen LogP contribution >= 0.6 is 0 Å². The summed E-state index contributed by atoms with van der Waals surface area (Å²) in [5, 5.41) is 3.29. The zero-order chi connectivity index (χ0) is 22.7. The molecule has 4 rings (SSSR count). The average Bonchev–Trinajstić information content (AvgIpc) is 3.16. The number of piperazine rings is 1. The summed E-state index contributed by atoms with van der Waals surface area (Å²) in [6, 6.07) is 6.31. The fraction of sp³-hybridized carbons (Fsp3) is 0.560. The molecule has 1 aliphatic heterocycles. The van der Waals surface area contributed by atoms with E-state index in [0.717, 1.165) is 43.9 Å². The van der Waals surface area contributed by atoms with E-state index in [1.165, 1.54) is 23.4 Å². The Kier molecular flexibility index (Phi) is 7.04. The van der Waals surface area contributed by atoms with E-state index in [1.54, 1.807) is 18.5 Å². The lowest BCUT2D eigenvalue weighted by molar-refractivity contribution is -0.133. The van der Waals surface area contributed by atoms with Crippen molar-refractivity contribution in [3.05, 3.63) is 53.2 Å². The zero-order valence-electron chi connectivity index (χ0n) is 19.4. The molecule has 2 aliphatic rings. The molecule has 7 heteroatoms. The molecule has 1 aromatic carbocycles. The van der Waals surface area contributed by atoms with Crippen LogP contribution in [0, 0.1) is 5.82 Å². The molecule has 3 unspecified atom stereocenters. The normalized spacial score (nSPS) is 21.5. The Hall–Kier alpha value is -2.54. The molecule has 1 saturated heterocycles. The Balaban J connectivity index is 1.47. The van der Waals surface area contributed by atoms with Crippen molar-refractivity contribution in [2.75, 3.05) is 44.2 Å². The van der Waals surface area contributed by atoms with Crippen LogP contribution < -0.4 is 10.2 Å². The molecule has 1 aromatic heterocycles. The molecule has 3 atom stereocenters. The number of hydrogen-bond acceptors (Lipinski definition) is 5. The van der Waals surface area contributed by atoms with E-state index in [0.29, 0.717) is 31.5 Å². The lowest BCUT2D eigenvalue weighted by Gasteiger charge is -2.38. The van der Waals surface area contributed by atoms with Crippen LogP contribution in [0.5, 0.6) is 0 Å². The number of amides is 1. The van der Waals surface area contributed by atoms with Crippen LogP contribution in [-0.2, 0) is 4.79 Å². The Bertz CT molecular complexity index is 926. The number of rotatable bonds is 7. The molecule has 0 bridgehead atoms. The number of fused-ring (bicyclic) bond motifs is 1. The first kappa shape index (κ1) is 22.6. The fourth-order valence-corrected chi connectivity index (χ4v) is 5.16. The summed E-state index contributed by atoms with van der Waals surface area (Å²) in [7, 11) is 0. The van der Waals surface area contributed by atoms with Gasteiger partial charge in [0, 0.05) is 44.2 Å². The molecular weight excluding hydrogens is 405 g/mol. The molecular formula is C25H34FN5O. The van der Waals surface area contributed by atoms with Crippen molar-refractivity contribution in [2.24, 2.45) is 0 Å². The molecule has 0 radical (unpaired) electrons. The monoisotopic (exact) mass is 439 g/mol. The smallest absolute Gasteiger partial charge is 0.231 e. The topological polar surface area (TPSA) is 61.4 Å². The van der Waals surface area contributed by atoms with Crippen molar-refractivity contribution < 1.29 is 9.18 Å². The molecule has 32 heavy (non-hydrogen) atoms. The average molecular weight is 440 g/mol. The van der Waals surface area contributed by atoms with Crippen LogP contribution in [0.1, 0.15) is 68.2 Å². The van der Waals surface area contributed by atoms with Crippen molar-refractivity contribution in [2.45, 2.75) is 51.4 Å². The second kappa shape index (κ2) is 9.94. The Morgan fingerprint density at radius 3 is 2.53 bits per heavy atom. The third kappa shape index (κ3) is 4.49. The lowest BCUT2D eigenvalue weighted by atomic mass is 9.96. The van der Waals surface area contributed by atoms with E-state index >= 15 is 0 Å². The highest BCUT2D eigenvalue weighted by Gasteiger charge is 2.35. The second-order valence-electron chi connectivity index (χ2n) is 8.96. The highest BCUT2D eigenvalue weighted by Crippen LogP contribution is 2.45. The minimum Gasteiger partial charge on any atom is -0.353 e. The third-order valence-corrected chi connectivity index (χ3v) is 6.96. The van der Waals surface area contributed by atoms with Gasteiger partial charge in [0.1, 0.15) is 18.0 Å². The number of carbonyl (C=O) groups is 1. The standard InChI is InChI=1S/C25H34FN5O/c1-4-18-14-17(3)22-23(18)28-16-29-24(22)30-10-12-31(13-11-30)25(32)21(15-27-5-2)19-6-8-20(26)9-7-19/h6-9,16-18,21,27H,4-5,10-15H2,1-3H3.